The van der Waals surface area contributed by atoms with E-state index in [9.17, 15) is 4.79 Å². The molecule has 0 aromatic carbocycles. The molecule has 0 saturated heterocycles. The van der Waals surface area contributed by atoms with E-state index >= 15 is 0 Å². The van der Waals surface area contributed by atoms with Crippen LogP contribution in [-0.2, 0) is 4.79 Å². The molecule has 3 heterocycles. The van der Waals surface area contributed by atoms with Gasteiger partial charge in [0.25, 0.3) is 0 Å². The normalized spacial score (nSPS) is 15.2. The van der Waals surface area contributed by atoms with E-state index in [1.54, 1.807) is 0 Å². The third-order valence-corrected chi connectivity index (χ3v) is 5.36. The van der Waals surface area contributed by atoms with Crippen LogP contribution < -0.4 is 5.32 Å². The van der Waals surface area contributed by atoms with Gasteiger partial charge in [-0.1, -0.05) is 25.7 Å². The van der Waals surface area contributed by atoms with Crippen molar-refractivity contribution < 1.29 is 7.65 Å². The first kappa shape index (κ1) is 15.3. The van der Waals surface area contributed by atoms with Crippen LogP contribution in [0.15, 0.2) is 24.0 Å². The lowest BCUT2D eigenvalue weighted by Crippen LogP contribution is -2.12. The Morgan fingerprint density at radius 3 is 3.12 bits per heavy atom. The van der Waals surface area contributed by atoms with Crippen LogP contribution >= 0.6 is 11.3 Å². The maximum Gasteiger partial charge on any atom is 0.226 e. The summed E-state index contributed by atoms with van der Waals surface area (Å²) in [5, 5.41) is 6.39. The quantitative estimate of drug-likeness (QED) is 0.714. The maximum absolute atomic E-state index is 12.1. The largest absolute Gasteiger partial charge is 0.346 e. The number of hydrogen-bond donors (Lipinski definition) is 2. The monoisotopic (exact) mass is 345 g/mol. The second-order valence-corrected chi connectivity index (χ2v) is 7.10. The Balaban J connectivity index is 0.00000121. The lowest BCUT2D eigenvalue weighted by Gasteiger charge is -2.07. The number of aromatic nitrogens is 4. The molecule has 0 atom stereocenters. The van der Waals surface area contributed by atoms with E-state index in [4.69, 9.17) is 0 Å². The molecule has 7 heteroatoms. The van der Waals surface area contributed by atoms with Gasteiger partial charge in [-0.05, 0) is 18.4 Å². The number of fused-ring (bicyclic) bond motifs is 1. The van der Waals surface area contributed by atoms with Gasteiger partial charge in [0.05, 0.1) is 0 Å². The van der Waals surface area contributed by atoms with Crippen molar-refractivity contribution in [3.8, 4) is 11.4 Å². The molecule has 1 fully saturated rings. The van der Waals surface area contributed by atoms with Crippen molar-refractivity contribution in [2.75, 3.05) is 5.32 Å². The van der Waals surface area contributed by atoms with E-state index in [1.165, 1.54) is 43.3 Å². The van der Waals surface area contributed by atoms with Crippen LogP contribution in [0.5, 0.6) is 0 Å². The summed E-state index contributed by atoms with van der Waals surface area (Å²) >= 11 is 1.43. The summed E-state index contributed by atoms with van der Waals surface area (Å²) in [5.74, 6) is 0.780. The van der Waals surface area contributed by atoms with Crippen LogP contribution in [0, 0.1) is 5.92 Å². The zero-order chi connectivity index (χ0) is 16.4. The van der Waals surface area contributed by atoms with Gasteiger partial charge in [0.1, 0.15) is 23.4 Å². The summed E-state index contributed by atoms with van der Waals surface area (Å²) in [6.45, 7) is 0. The van der Waals surface area contributed by atoms with Crippen molar-refractivity contribution in [2.24, 2.45) is 5.92 Å². The minimum atomic E-state index is 0. The van der Waals surface area contributed by atoms with Crippen molar-refractivity contribution in [1.82, 2.24) is 19.9 Å². The van der Waals surface area contributed by atoms with Gasteiger partial charge in [-0.2, -0.15) is 0 Å². The Morgan fingerprint density at radius 1 is 1.38 bits per heavy atom. The second-order valence-electron chi connectivity index (χ2n) is 6.24. The molecule has 1 saturated carbocycles. The molecule has 4 rings (SSSR count). The van der Waals surface area contributed by atoms with Crippen molar-refractivity contribution in [1.29, 1.82) is 0 Å². The highest BCUT2D eigenvalue weighted by molar-refractivity contribution is 7.14. The van der Waals surface area contributed by atoms with Crippen LogP contribution in [0.1, 0.15) is 41.4 Å². The van der Waals surface area contributed by atoms with E-state index in [0.717, 1.165) is 34.8 Å². The van der Waals surface area contributed by atoms with Crippen LogP contribution in [0.3, 0.4) is 0 Å². The first-order chi connectivity index (χ1) is 11.8. The van der Waals surface area contributed by atoms with E-state index in [0.29, 0.717) is 11.6 Å². The van der Waals surface area contributed by atoms with Gasteiger partial charge >= 0.3 is 0 Å². The van der Waals surface area contributed by atoms with Crippen LogP contribution in [0.4, 0.5) is 5.13 Å². The number of rotatable bonds is 5. The summed E-state index contributed by atoms with van der Waals surface area (Å²) in [6.07, 6.45) is 10.1. The summed E-state index contributed by atoms with van der Waals surface area (Å²) in [5.41, 5.74) is 2.33. The molecule has 128 valence electrons. The molecule has 0 aliphatic heterocycles. The molecule has 6 nitrogen and oxygen atoms in total. The molecule has 0 radical (unpaired) electrons. The average Bonchev–Trinajstić information content (AvgIpc) is 3.33. The van der Waals surface area contributed by atoms with Crippen LogP contribution in [-0.4, -0.2) is 25.8 Å². The lowest BCUT2D eigenvalue weighted by molar-refractivity contribution is -0.116. The zero-order valence-electron chi connectivity index (χ0n) is 13.3. The van der Waals surface area contributed by atoms with Gasteiger partial charge in [0, 0.05) is 26.2 Å². The van der Waals surface area contributed by atoms with Crippen molar-refractivity contribution in [2.45, 2.75) is 38.5 Å². The molecule has 0 bridgehead atoms. The Labute approximate surface area is 146 Å². The number of hydrogen-bond acceptors (Lipinski definition) is 5. The zero-order valence-corrected chi connectivity index (χ0v) is 14.1. The predicted octanol–water partition coefficient (Wildman–Crippen LogP) is 4.48. The fourth-order valence-electron chi connectivity index (χ4n) is 3.33. The molecular formula is C17H23N5OS. The molecule has 3 aromatic heterocycles. The SMILES string of the molecule is O=C(CCC1CCCC1)Nc1nc(-c2ncnc3[nH]ccc23)cs1.[HH].[HH]. The van der Waals surface area contributed by atoms with E-state index in [2.05, 4.69) is 25.3 Å². The topological polar surface area (TPSA) is 83.6 Å². The van der Waals surface area contributed by atoms with Crippen molar-refractivity contribution in [3.05, 3.63) is 24.0 Å². The highest BCUT2D eigenvalue weighted by Crippen LogP contribution is 2.30. The molecule has 3 aromatic rings. The number of thiazole rings is 1. The molecule has 2 N–H and O–H groups in total. The third kappa shape index (κ3) is 3.17. The molecule has 0 unspecified atom stereocenters. The van der Waals surface area contributed by atoms with Crippen LogP contribution in [0.2, 0.25) is 0 Å². The van der Waals surface area contributed by atoms with Crippen LogP contribution in [0.25, 0.3) is 22.4 Å². The number of aromatic amines is 1. The summed E-state index contributed by atoms with van der Waals surface area (Å²) in [7, 11) is 0. The first-order valence-corrected chi connectivity index (χ1v) is 9.21. The number of anilines is 1. The molecule has 1 amide bonds. The Kier molecular flexibility index (Phi) is 4.25. The third-order valence-electron chi connectivity index (χ3n) is 4.60. The number of H-pyrrole nitrogens is 1. The molecule has 0 spiro atoms. The van der Waals surface area contributed by atoms with Gasteiger partial charge in [0.2, 0.25) is 5.91 Å². The Morgan fingerprint density at radius 2 is 2.25 bits per heavy atom. The summed E-state index contributed by atoms with van der Waals surface area (Å²) < 4.78 is 0. The Bertz CT molecular complexity index is 860. The molecule has 24 heavy (non-hydrogen) atoms. The number of nitrogens with one attached hydrogen (secondary N) is 2. The number of carbonyl (C=O) groups excluding carboxylic acids is 1. The Hall–Kier alpha value is -2.28. The maximum atomic E-state index is 12.1. The van der Waals surface area contributed by atoms with Gasteiger partial charge in [0.15, 0.2) is 5.13 Å². The highest BCUT2D eigenvalue weighted by atomic mass is 32.1. The standard InChI is InChI=1S/C17H19N5OS.2H2/c23-14(6-5-11-3-1-2-4-11)22-17-21-13(9-24-17)15-12-7-8-18-16(12)20-10-19-15;;/h7-11H,1-6H2,(H,18,19,20)(H,21,22,23);2*1H. The minimum Gasteiger partial charge on any atom is -0.346 e. The summed E-state index contributed by atoms with van der Waals surface area (Å²) in [4.78, 5) is 28.2. The fraction of sp³-hybridized carbons (Fsp3) is 0.412. The predicted molar refractivity (Wildman–Crippen MR) is 99.0 cm³/mol. The van der Waals surface area contributed by atoms with Gasteiger partial charge in [-0.25, -0.2) is 15.0 Å². The van der Waals surface area contributed by atoms with E-state index in [-0.39, 0.29) is 8.76 Å². The minimum absolute atomic E-state index is 0. The highest BCUT2D eigenvalue weighted by Gasteiger charge is 2.17. The van der Waals surface area contributed by atoms with E-state index in [1.807, 2.05) is 17.6 Å². The number of amides is 1. The summed E-state index contributed by atoms with van der Waals surface area (Å²) in [6, 6.07) is 1.93. The fourth-order valence-corrected chi connectivity index (χ4v) is 4.04. The van der Waals surface area contributed by atoms with Gasteiger partial charge in [-0.15, -0.1) is 11.3 Å². The second kappa shape index (κ2) is 6.68. The molecular weight excluding hydrogens is 322 g/mol. The van der Waals surface area contributed by atoms with E-state index < -0.39 is 0 Å². The van der Waals surface area contributed by atoms with Gasteiger partial charge < -0.3 is 10.3 Å². The smallest absolute Gasteiger partial charge is 0.226 e. The van der Waals surface area contributed by atoms with Gasteiger partial charge in [-0.3, -0.25) is 4.79 Å². The lowest BCUT2D eigenvalue weighted by atomic mass is 10.0. The molecule has 1 aliphatic carbocycles. The van der Waals surface area contributed by atoms with Crippen molar-refractivity contribution >= 4 is 33.4 Å². The number of carbonyl (C=O) groups is 1. The molecule has 1 aliphatic rings. The van der Waals surface area contributed by atoms with Crippen molar-refractivity contribution in [3.63, 3.8) is 0 Å². The average molecular weight is 345 g/mol. The number of nitrogens with zero attached hydrogens (tertiary/aromatic N) is 3. The first-order valence-electron chi connectivity index (χ1n) is 8.33.